The van der Waals surface area contributed by atoms with Crippen LogP contribution in [0.3, 0.4) is 0 Å². The van der Waals surface area contributed by atoms with Crippen LogP contribution in [0.2, 0.25) is 5.02 Å². The van der Waals surface area contributed by atoms with E-state index < -0.39 is 17.6 Å². The molecule has 1 aliphatic rings. The second-order valence-electron chi connectivity index (χ2n) is 4.72. The molecule has 0 bridgehead atoms. The Kier molecular flexibility index (Phi) is 4.93. The highest BCUT2D eigenvalue weighted by molar-refractivity contribution is 6.41. The van der Waals surface area contributed by atoms with Crippen molar-refractivity contribution in [3.8, 4) is 0 Å². The first-order valence-corrected chi connectivity index (χ1v) is 6.73. The zero-order valence-electron chi connectivity index (χ0n) is 11.0. The van der Waals surface area contributed by atoms with Crippen LogP contribution in [0.4, 0.5) is 10.1 Å². The summed E-state index contributed by atoms with van der Waals surface area (Å²) in [7, 11) is 0. The molecular weight excluding hydrogens is 299 g/mol. The van der Waals surface area contributed by atoms with Crippen LogP contribution in [0.25, 0.3) is 0 Å². The van der Waals surface area contributed by atoms with Gasteiger partial charge in [0.05, 0.1) is 10.7 Å². The Hall–Kier alpha value is -1.92. The number of aliphatic hydroxyl groups excluding tert-OH is 1. The lowest BCUT2D eigenvalue weighted by Gasteiger charge is -2.13. The van der Waals surface area contributed by atoms with E-state index >= 15 is 0 Å². The number of halogens is 2. The van der Waals surface area contributed by atoms with Crippen LogP contribution >= 0.6 is 11.6 Å². The van der Waals surface area contributed by atoms with Crippen molar-refractivity contribution >= 4 is 29.1 Å². The maximum Gasteiger partial charge on any atom is 0.313 e. The number of benzene rings is 1. The molecule has 1 aromatic carbocycles. The standard InChI is InChI=1S/C14H14ClFN2O3/c15-11-6-9(16)2-4-12(11)18-14(21)13(20)17-10-3-1-8(5-10)7-19/h1-4,6,8,10,19H,5,7H2,(H,17,20)(H,18,21)/t8-,10+/m0/s1. The van der Waals surface area contributed by atoms with Crippen LogP contribution in [0, 0.1) is 11.7 Å². The predicted molar refractivity (Wildman–Crippen MR) is 76.3 cm³/mol. The molecule has 2 atom stereocenters. The van der Waals surface area contributed by atoms with E-state index in [1.807, 2.05) is 0 Å². The quantitative estimate of drug-likeness (QED) is 0.584. The fourth-order valence-corrected chi connectivity index (χ4v) is 2.24. The van der Waals surface area contributed by atoms with Crippen molar-refractivity contribution in [3.63, 3.8) is 0 Å². The van der Waals surface area contributed by atoms with E-state index in [1.165, 1.54) is 6.07 Å². The highest BCUT2D eigenvalue weighted by atomic mass is 35.5. The van der Waals surface area contributed by atoms with Gasteiger partial charge in [-0.2, -0.15) is 0 Å². The highest BCUT2D eigenvalue weighted by Crippen LogP contribution is 2.22. The van der Waals surface area contributed by atoms with Crippen LogP contribution in [0.15, 0.2) is 30.4 Å². The van der Waals surface area contributed by atoms with Crippen LogP contribution in [0.5, 0.6) is 0 Å². The molecular formula is C14H14ClFN2O3. The van der Waals surface area contributed by atoms with Gasteiger partial charge in [0.25, 0.3) is 0 Å². The van der Waals surface area contributed by atoms with Crippen LogP contribution in [0.1, 0.15) is 6.42 Å². The SMILES string of the molecule is O=C(Nc1ccc(F)cc1Cl)C(=O)N[C@@H]1C=C[C@H](CO)C1. The molecule has 0 unspecified atom stereocenters. The Morgan fingerprint density at radius 2 is 2.10 bits per heavy atom. The first-order valence-electron chi connectivity index (χ1n) is 6.35. The molecule has 2 rings (SSSR count). The summed E-state index contributed by atoms with van der Waals surface area (Å²) in [5.41, 5.74) is 0.161. The molecule has 112 valence electrons. The molecule has 1 aliphatic carbocycles. The van der Waals surface area contributed by atoms with Crippen LogP contribution in [-0.4, -0.2) is 29.6 Å². The molecule has 7 heteroatoms. The topological polar surface area (TPSA) is 78.4 Å². The van der Waals surface area contributed by atoms with Gasteiger partial charge in [0.1, 0.15) is 5.82 Å². The van der Waals surface area contributed by atoms with Crippen molar-refractivity contribution in [1.29, 1.82) is 0 Å². The van der Waals surface area contributed by atoms with Gasteiger partial charge in [0, 0.05) is 18.6 Å². The number of amides is 2. The summed E-state index contributed by atoms with van der Waals surface area (Å²) < 4.78 is 12.9. The van der Waals surface area contributed by atoms with E-state index in [0.717, 1.165) is 12.1 Å². The van der Waals surface area contributed by atoms with E-state index in [4.69, 9.17) is 16.7 Å². The van der Waals surface area contributed by atoms with Gasteiger partial charge < -0.3 is 15.7 Å². The summed E-state index contributed by atoms with van der Waals surface area (Å²) >= 11 is 5.76. The smallest absolute Gasteiger partial charge is 0.313 e. The third-order valence-corrected chi connectivity index (χ3v) is 3.42. The number of rotatable bonds is 3. The number of aliphatic hydroxyl groups is 1. The maximum absolute atomic E-state index is 12.9. The Bertz CT molecular complexity index is 592. The third-order valence-electron chi connectivity index (χ3n) is 3.11. The van der Waals surface area contributed by atoms with E-state index in [0.29, 0.717) is 6.42 Å². The third kappa shape index (κ3) is 4.03. The Balaban J connectivity index is 1.91. The molecule has 5 nitrogen and oxygen atoms in total. The molecule has 0 fully saturated rings. The lowest BCUT2D eigenvalue weighted by Crippen LogP contribution is -2.40. The van der Waals surface area contributed by atoms with Crippen molar-refractivity contribution in [1.82, 2.24) is 5.32 Å². The minimum absolute atomic E-state index is 0.000252. The number of hydrogen-bond donors (Lipinski definition) is 3. The number of carbonyl (C=O) groups is 2. The van der Waals surface area contributed by atoms with Gasteiger partial charge in [0.2, 0.25) is 0 Å². The normalized spacial score (nSPS) is 20.3. The molecule has 3 N–H and O–H groups in total. The number of nitrogens with one attached hydrogen (secondary N) is 2. The van der Waals surface area contributed by atoms with Crippen molar-refractivity contribution < 1.29 is 19.1 Å². The molecule has 0 heterocycles. The number of hydrogen-bond acceptors (Lipinski definition) is 3. The van der Waals surface area contributed by atoms with Crippen molar-refractivity contribution in [2.24, 2.45) is 5.92 Å². The molecule has 0 saturated carbocycles. The average Bonchev–Trinajstić information content (AvgIpc) is 2.89. The van der Waals surface area contributed by atoms with Gasteiger partial charge >= 0.3 is 11.8 Å². The van der Waals surface area contributed by atoms with Crippen molar-refractivity contribution in [3.05, 3.63) is 41.2 Å². The first-order chi connectivity index (χ1) is 9.99. The molecule has 2 amide bonds. The van der Waals surface area contributed by atoms with Crippen molar-refractivity contribution in [2.45, 2.75) is 12.5 Å². The van der Waals surface area contributed by atoms with Crippen molar-refractivity contribution in [2.75, 3.05) is 11.9 Å². The fraction of sp³-hybridized carbons (Fsp3) is 0.286. The molecule has 0 aromatic heterocycles. The fourth-order valence-electron chi connectivity index (χ4n) is 2.02. The molecule has 1 aromatic rings. The van der Waals surface area contributed by atoms with Crippen LogP contribution < -0.4 is 10.6 Å². The second-order valence-corrected chi connectivity index (χ2v) is 5.13. The zero-order valence-corrected chi connectivity index (χ0v) is 11.7. The molecule has 0 saturated heterocycles. The second kappa shape index (κ2) is 6.69. The van der Waals surface area contributed by atoms with Crippen LogP contribution in [-0.2, 0) is 9.59 Å². The van der Waals surface area contributed by atoms with Gasteiger partial charge in [-0.05, 0) is 24.6 Å². The summed E-state index contributed by atoms with van der Waals surface area (Å²) in [5, 5.41) is 13.8. The first kappa shape index (κ1) is 15.5. The maximum atomic E-state index is 12.9. The molecule has 0 radical (unpaired) electrons. The Labute approximate surface area is 125 Å². The highest BCUT2D eigenvalue weighted by Gasteiger charge is 2.23. The monoisotopic (exact) mass is 312 g/mol. The van der Waals surface area contributed by atoms with E-state index in [1.54, 1.807) is 12.2 Å². The minimum Gasteiger partial charge on any atom is -0.396 e. The summed E-state index contributed by atoms with van der Waals surface area (Å²) in [6, 6.07) is 3.16. The summed E-state index contributed by atoms with van der Waals surface area (Å²) in [6.07, 6.45) is 4.07. The van der Waals surface area contributed by atoms with Gasteiger partial charge in [0.15, 0.2) is 0 Å². The van der Waals surface area contributed by atoms with E-state index in [9.17, 15) is 14.0 Å². The van der Waals surface area contributed by atoms with E-state index in [2.05, 4.69) is 10.6 Å². The molecule has 21 heavy (non-hydrogen) atoms. The summed E-state index contributed by atoms with van der Waals surface area (Å²) in [6.45, 7) is 0.000252. The Morgan fingerprint density at radius 1 is 1.33 bits per heavy atom. The lowest BCUT2D eigenvalue weighted by molar-refractivity contribution is -0.136. The van der Waals surface area contributed by atoms with Gasteiger partial charge in [-0.25, -0.2) is 4.39 Å². The minimum atomic E-state index is -0.885. The van der Waals surface area contributed by atoms with Gasteiger partial charge in [-0.3, -0.25) is 9.59 Å². The number of carbonyl (C=O) groups excluding carboxylic acids is 2. The van der Waals surface area contributed by atoms with Gasteiger partial charge in [-0.15, -0.1) is 0 Å². The average molecular weight is 313 g/mol. The predicted octanol–water partition coefficient (Wildman–Crippen LogP) is 1.47. The lowest BCUT2D eigenvalue weighted by atomic mass is 10.1. The molecule has 0 aliphatic heterocycles. The summed E-state index contributed by atoms with van der Waals surface area (Å²) in [5.74, 6) is -2.24. The largest absolute Gasteiger partial charge is 0.396 e. The Morgan fingerprint density at radius 3 is 2.71 bits per heavy atom. The zero-order chi connectivity index (χ0) is 15.4. The van der Waals surface area contributed by atoms with Gasteiger partial charge in [-0.1, -0.05) is 23.8 Å². The van der Waals surface area contributed by atoms with E-state index in [-0.39, 0.29) is 29.3 Å². The molecule has 0 spiro atoms. The number of anilines is 1. The summed E-state index contributed by atoms with van der Waals surface area (Å²) in [4.78, 5) is 23.5.